The van der Waals surface area contributed by atoms with Gasteiger partial charge < -0.3 is 10.5 Å². The van der Waals surface area contributed by atoms with Crippen LogP contribution in [0.1, 0.15) is 33.1 Å². The smallest absolute Gasteiger partial charge is 0.181 e. The molecule has 0 spiro atoms. The minimum absolute atomic E-state index is 0.638. The predicted octanol–water partition coefficient (Wildman–Crippen LogP) is 0.292. The van der Waals surface area contributed by atoms with Gasteiger partial charge in [0.2, 0.25) is 0 Å². The molecule has 0 aromatic rings. The van der Waals surface area contributed by atoms with Crippen molar-refractivity contribution in [2.45, 2.75) is 39.2 Å². The molecular weight excluding hydrogens is 135 g/mol. The normalized spacial score (nSPS) is 10.8. The van der Waals surface area contributed by atoms with Gasteiger partial charge in [-0.2, -0.15) is 0 Å². The fraction of sp³-hybridized carbons (Fsp3) is 1.00. The lowest BCUT2D eigenvalue weighted by Gasteiger charge is -2.06. The summed E-state index contributed by atoms with van der Waals surface area (Å²) in [5.74, 6) is 0. The molecule has 0 aliphatic heterocycles. The van der Waals surface area contributed by atoms with E-state index in [-0.39, 0.29) is 0 Å². The number of unbranched alkanes of at least 4 members (excludes halogenated alkanes) is 2. The van der Waals surface area contributed by atoms with Gasteiger partial charge in [-0.15, -0.1) is 0 Å². The van der Waals surface area contributed by atoms with Gasteiger partial charge in [0.1, 0.15) is 0 Å². The van der Waals surface area contributed by atoms with E-state index in [1.165, 1.54) is 25.8 Å². The molecule has 0 heterocycles. The van der Waals surface area contributed by atoms with Crippen LogP contribution in [0.25, 0.3) is 0 Å². The second-order valence-corrected chi connectivity index (χ2v) is 3.27. The highest BCUT2D eigenvalue weighted by atomic mass is 14.9. The SMILES string of the molecule is BNCCCCCNC(C)C. The molecular formula is C8H21BN2. The average molecular weight is 156 g/mol. The molecule has 0 atom stereocenters. The Kier molecular flexibility index (Phi) is 8.07. The second-order valence-electron chi connectivity index (χ2n) is 3.27. The van der Waals surface area contributed by atoms with Gasteiger partial charge in [-0.1, -0.05) is 20.3 Å². The Morgan fingerprint density at radius 3 is 2.27 bits per heavy atom. The van der Waals surface area contributed by atoms with Crippen molar-refractivity contribution in [3.05, 3.63) is 0 Å². The first-order chi connectivity index (χ1) is 5.27. The van der Waals surface area contributed by atoms with Crippen LogP contribution >= 0.6 is 0 Å². The Bertz CT molecular complexity index is 76.5. The first kappa shape index (κ1) is 11.0. The van der Waals surface area contributed by atoms with Gasteiger partial charge in [0.25, 0.3) is 0 Å². The zero-order chi connectivity index (χ0) is 8.53. The first-order valence-electron chi connectivity index (χ1n) is 4.65. The van der Waals surface area contributed by atoms with Crippen molar-refractivity contribution in [2.24, 2.45) is 0 Å². The molecule has 0 saturated carbocycles. The zero-order valence-corrected chi connectivity index (χ0v) is 8.11. The standard InChI is InChI=1S/C8H21BN2/c1-8(2)10-6-4-3-5-7-11-9/h8,10-11H,3-7,9H2,1-2H3. The topological polar surface area (TPSA) is 24.1 Å². The van der Waals surface area contributed by atoms with Crippen LogP contribution < -0.4 is 10.5 Å². The summed E-state index contributed by atoms with van der Waals surface area (Å²) in [5.41, 5.74) is 0. The Labute approximate surface area is 71.6 Å². The highest BCUT2D eigenvalue weighted by molar-refractivity contribution is 6.04. The third kappa shape index (κ3) is 9.98. The van der Waals surface area contributed by atoms with E-state index >= 15 is 0 Å². The van der Waals surface area contributed by atoms with Crippen molar-refractivity contribution >= 4 is 7.98 Å². The largest absolute Gasteiger partial charge is 0.362 e. The molecule has 0 radical (unpaired) electrons. The van der Waals surface area contributed by atoms with Gasteiger partial charge in [0, 0.05) is 6.04 Å². The maximum Gasteiger partial charge on any atom is 0.181 e. The van der Waals surface area contributed by atoms with Gasteiger partial charge in [0.15, 0.2) is 7.98 Å². The fourth-order valence-electron chi connectivity index (χ4n) is 0.994. The van der Waals surface area contributed by atoms with Gasteiger partial charge in [-0.25, -0.2) is 0 Å². The van der Waals surface area contributed by atoms with Crippen molar-refractivity contribution in [2.75, 3.05) is 13.1 Å². The lowest BCUT2D eigenvalue weighted by molar-refractivity contribution is 0.548. The summed E-state index contributed by atoms with van der Waals surface area (Å²) in [7, 11) is 2.01. The molecule has 3 heteroatoms. The molecule has 0 saturated heterocycles. The maximum atomic E-state index is 3.40. The van der Waals surface area contributed by atoms with Crippen molar-refractivity contribution in [1.82, 2.24) is 10.5 Å². The summed E-state index contributed by atoms with van der Waals surface area (Å²) in [6.45, 7) is 6.70. The van der Waals surface area contributed by atoms with Crippen LogP contribution in [0.2, 0.25) is 0 Å². The summed E-state index contributed by atoms with van der Waals surface area (Å²) in [6, 6.07) is 0.638. The molecule has 0 unspecified atom stereocenters. The van der Waals surface area contributed by atoms with Crippen LogP contribution in [0, 0.1) is 0 Å². The van der Waals surface area contributed by atoms with Crippen LogP contribution in [0.3, 0.4) is 0 Å². The Morgan fingerprint density at radius 2 is 1.73 bits per heavy atom. The molecule has 2 N–H and O–H groups in total. The number of hydrogen-bond donors (Lipinski definition) is 2. The summed E-state index contributed by atoms with van der Waals surface area (Å²) >= 11 is 0. The monoisotopic (exact) mass is 156 g/mol. The third-order valence-corrected chi connectivity index (χ3v) is 1.66. The average Bonchev–Trinajstić information content (AvgIpc) is 1.96. The van der Waals surface area contributed by atoms with Crippen LogP contribution in [0.4, 0.5) is 0 Å². The van der Waals surface area contributed by atoms with Crippen molar-refractivity contribution in [3.8, 4) is 0 Å². The van der Waals surface area contributed by atoms with Crippen molar-refractivity contribution in [3.63, 3.8) is 0 Å². The molecule has 66 valence electrons. The Balaban J connectivity index is 2.80. The van der Waals surface area contributed by atoms with Gasteiger partial charge >= 0.3 is 0 Å². The van der Waals surface area contributed by atoms with Gasteiger partial charge in [-0.3, -0.25) is 0 Å². The molecule has 0 fully saturated rings. The molecule has 0 aliphatic rings. The van der Waals surface area contributed by atoms with E-state index < -0.39 is 0 Å². The van der Waals surface area contributed by atoms with Crippen molar-refractivity contribution in [1.29, 1.82) is 0 Å². The van der Waals surface area contributed by atoms with E-state index in [0.29, 0.717) is 6.04 Å². The van der Waals surface area contributed by atoms with Crippen molar-refractivity contribution < 1.29 is 0 Å². The van der Waals surface area contributed by atoms with E-state index in [2.05, 4.69) is 24.4 Å². The third-order valence-electron chi connectivity index (χ3n) is 1.66. The van der Waals surface area contributed by atoms with Crippen LogP contribution in [-0.4, -0.2) is 27.1 Å². The molecule has 0 aliphatic carbocycles. The molecule has 0 bridgehead atoms. The van der Waals surface area contributed by atoms with Crippen LogP contribution in [-0.2, 0) is 0 Å². The van der Waals surface area contributed by atoms with Gasteiger partial charge in [0.05, 0.1) is 0 Å². The molecule has 0 rings (SSSR count). The molecule has 2 nitrogen and oxygen atoms in total. The van der Waals surface area contributed by atoms with E-state index in [1.54, 1.807) is 0 Å². The van der Waals surface area contributed by atoms with Crippen LogP contribution in [0.5, 0.6) is 0 Å². The summed E-state index contributed by atoms with van der Waals surface area (Å²) in [4.78, 5) is 0. The Morgan fingerprint density at radius 1 is 1.09 bits per heavy atom. The molecule has 0 aromatic carbocycles. The summed E-state index contributed by atoms with van der Waals surface area (Å²) in [5, 5.41) is 6.55. The van der Waals surface area contributed by atoms with E-state index in [1.807, 2.05) is 7.98 Å². The van der Waals surface area contributed by atoms with E-state index in [9.17, 15) is 0 Å². The highest BCUT2D eigenvalue weighted by Crippen LogP contribution is 1.92. The quantitative estimate of drug-likeness (QED) is 0.409. The van der Waals surface area contributed by atoms with E-state index in [4.69, 9.17) is 0 Å². The first-order valence-corrected chi connectivity index (χ1v) is 4.65. The maximum absolute atomic E-state index is 3.40. The number of rotatable bonds is 7. The highest BCUT2D eigenvalue weighted by Gasteiger charge is 1.91. The zero-order valence-electron chi connectivity index (χ0n) is 8.11. The minimum Gasteiger partial charge on any atom is -0.362 e. The lowest BCUT2D eigenvalue weighted by Crippen LogP contribution is -2.23. The second kappa shape index (κ2) is 8.09. The number of nitrogens with one attached hydrogen (secondary N) is 2. The minimum atomic E-state index is 0.638. The molecule has 0 amide bonds. The molecule has 0 aromatic heterocycles. The predicted molar refractivity (Wildman–Crippen MR) is 53.5 cm³/mol. The Hall–Kier alpha value is -0.0151. The van der Waals surface area contributed by atoms with E-state index in [0.717, 1.165) is 6.54 Å². The fourth-order valence-corrected chi connectivity index (χ4v) is 0.994. The lowest BCUT2D eigenvalue weighted by atomic mass is 10.2. The van der Waals surface area contributed by atoms with Gasteiger partial charge in [-0.05, 0) is 25.9 Å². The van der Waals surface area contributed by atoms with Crippen LogP contribution in [0.15, 0.2) is 0 Å². The number of hydrogen-bond acceptors (Lipinski definition) is 2. The summed E-state index contributed by atoms with van der Waals surface area (Å²) < 4.78 is 0. The summed E-state index contributed by atoms with van der Waals surface area (Å²) in [6.07, 6.45) is 3.94. The molecule has 11 heavy (non-hydrogen) atoms.